The average Bonchev–Trinajstić information content (AvgIpc) is 2.69. The molecule has 0 aliphatic carbocycles. The van der Waals surface area contributed by atoms with Crippen LogP contribution in [0.3, 0.4) is 0 Å². The quantitative estimate of drug-likeness (QED) is 0.252. The highest BCUT2D eigenvalue weighted by atomic mass is 32.2. The summed E-state index contributed by atoms with van der Waals surface area (Å²) in [5.74, 6) is 1.24. The van der Waals surface area contributed by atoms with E-state index < -0.39 is 0 Å². The second kappa shape index (κ2) is 13.0. The van der Waals surface area contributed by atoms with E-state index in [-0.39, 0.29) is 0 Å². The average molecular weight is 369 g/mol. The largest absolute Gasteiger partial charge is 0.126 e. The van der Waals surface area contributed by atoms with Gasteiger partial charge in [0.1, 0.15) is 0 Å². The molecule has 2 rings (SSSR count). The van der Waals surface area contributed by atoms with E-state index in [9.17, 15) is 0 Å². The highest BCUT2D eigenvalue weighted by molar-refractivity contribution is 7.99. The van der Waals surface area contributed by atoms with Gasteiger partial charge >= 0.3 is 0 Å². The topological polar surface area (TPSA) is 0 Å². The van der Waals surface area contributed by atoms with Gasteiger partial charge in [-0.15, -0.1) is 11.8 Å². The van der Waals surface area contributed by atoms with E-state index in [1.165, 1.54) is 91.5 Å². The van der Waals surface area contributed by atoms with Crippen molar-refractivity contribution < 1.29 is 0 Å². The molecule has 1 heteroatoms. The number of rotatable bonds is 13. The van der Waals surface area contributed by atoms with Crippen molar-refractivity contribution in [2.45, 2.75) is 83.0 Å². The summed E-state index contributed by atoms with van der Waals surface area (Å²) in [5.41, 5.74) is 4.14. The Morgan fingerprint density at radius 2 is 1.12 bits per heavy atom. The van der Waals surface area contributed by atoms with Crippen molar-refractivity contribution in [1.82, 2.24) is 0 Å². The second-order valence-electron chi connectivity index (χ2n) is 7.29. The summed E-state index contributed by atoms with van der Waals surface area (Å²) in [6, 6.07) is 18.3. The van der Waals surface area contributed by atoms with Crippen LogP contribution in [0.4, 0.5) is 0 Å². The maximum Gasteiger partial charge on any atom is 0.00723 e. The van der Waals surface area contributed by atoms with Crippen molar-refractivity contribution in [1.29, 1.82) is 0 Å². The number of hydrogen-bond acceptors (Lipinski definition) is 1. The van der Waals surface area contributed by atoms with Gasteiger partial charge in [0.05, 0.1) is 0 Å². The van der Waals surface area contributed by atoms with E-state index in [1.807, 2.05) is 11.8 Å². The lowest BCUT2D eigenvalue weighted by Gasteiger charge is -2.07. The Bertz CT molecular complexity index is 583. The van der Waals surface area contributed by atoms with Gasteiger partial charge in [-0.05, 0) is 53.8 Å². The third-order valence-electron chi connectivity index (χ3n) is 4.98. The molecule has 0 N–H and O–H groups in total. The van der Waals surface area contributed by atoms with E-state index in [2.05, 4.69) is 62.4 Å². The Kier molecular flexibility index (Phi) is 10.6. The van der Waals surface area contributed by atoms with Crippen molar-refractivity contribution in [2.75, 3.05) is 5.75 Å². The van der Waals surface area contributed by atoms with Crippen molar-refractivity contribution in [3.63, 3.8) is 0 Å². The Hall–Kier alpha value is -1.21. The van der Waals surface area contributed by atoms with Crippen LogP contribution in [0, 0.1) is 0 Å². The van der Waals surface area contributed by atoms with Crippen LogP contribution in [0.25, 0.3) is 11.1 Å². The molecule has 0 aliphatic rings. The molecular weight excluding hydrogens is 332 g/mol. The van der Waals surface area contributed by atoms with E-state index in [1.54, 1.807) is 0 Å². The molecule has 0 heterocycles. The lowest BCUT2D eigenvalue weighted by molar-refractivity contribution is 0.607. The summed E-state index contributed by atoms with van der Waals surface area (Å²) in [6.45, 7) is 4.54. The zero-order valence-corrected chi connectivity index (χ0v) is 17.6. The molecule has 2 aromatic carbocycles. The van der Waals surface area contributed by atoms with Gasteiger partial charge in [0.15, 0.2) is 0 Å². The van der Waals surface area contributed by atoms with E-state index in [0.29, 0.717) is 0 Å². The van der Waals surface area contributed by atoms with Crippen LogP contribution in [-0.2, 0) is 6.42 Å². The molecule has 0 nitrogen and oxygen atoms in total. The number of aryl methyl sites for hydroxylation is 1. The number of hydrogen-bond donors (Lipinski definition) is 0. The van der Waals surface area contributed by atoms with Crippen LogP contribution >= 0.6 is 11.8 Å². The highest BCUT2D eigenvalue weighted by Gasteiger charge is 2.00. The van der Waals surface area contributed by atoms with Crippen molar-refractivity contribution in [2.24, 2.45) is 0 Å². The molecule has 0 saturated heterocycles. The first kappa shape index (κ1) is 21.1. The van der Waals surface area contributed by atoms with Gasteiger partial charge < -0.3 is 0 Å². The zero-order valence-electron chi connectivity index (χ0n) is 16.8. The monoisotopic (exact) mass is 368 g/mol. The predicted octanol–water partition coefficient (Wildman–Crippen LogP) is 8.54. The normalized spacial score (nSPS) is 11.0. The minimum Gasteiger partial charge on any atom is -0.126 e. The molecule has 0 radical (unpaired) electrons. The number of benzene rings is 2. The lowest BCUT2D eigenvalue weighted by atomic mass is 10.0. The molecule has 26 heavy (non-hydrogen) atoms. The standard InChI is InChI=1S/C25H36S/c1-3-5-7-8-9-10-12-22-13-15-23(16-14-22)24-17-19-25(20-18-24)26-21-11-6-4-2/h13-20H,3-12,21H2,1-2H3. The number of unbranched alkanes of at least 4 members (excludes halogenated alkanes) is 7. The van der Waals surface area contributed by atoms with Gasteiger partial charge in [0.2, 0.25) is 0 Å². The van der Waals surface area contributed by atoms with Gasteiger partial charge in [-0.25, -0.2) is 0 Å². The molecule has 0 saturated carbocycles. The molecular formula is C25H36S. The van der Waals surface area contributed by atoms with E-state index in [0.717, 1.165) is 0 Å². The van der Waals surface area contributed by atoms with Crippen LogP contribution in [0.5, 0.6) is 0 Å². The molecule has 0 aliphatic heterocycles. The van der Waals surface area contributed by atoms with Crippen LogP contribution in [0.15, 0.2) is 53.4 Å². The van der Waals surface area contributed by atoms with Gasteiger partial charge in [-0.3, -0.25) is 0 Å². The van der Waals surface area contributed by atoms with Gasteiger partial charge in [0, 0.05) is 4.90 Å². The Morgan fingerprint density at radius 3 is 1.77 bits per heavy atom. The molecule has 2 aromatic rings. The van der Waals surface area contributed by atoms with Gasteiger partial charge in [-0.1, -0.05) is 95.2 Å². The fraction of sp³-hybridized carbons (Fsp3) is 0.520. The minimum absolute atomic E-state index is 1.22. The Morgan fingerprint density at radius 1 is 0.577 bits per heavy atom. The Balaban J connectivity index is 1.76. The second-order valence-corrected chi connectivity index (χ2v) is 8.46. The van der Waals surface area contributed by atoms with E-state index >= 15 is 0 Å². The summed E-state index contributed by atoms with van der Waals surface area (Å²) in [4.78, 5) is 1.39. The van der Waals surface area contributed by atoms with Crippen molar-refractivity contribution in [3.8, 4) is 11.1 Å². The first-order chi connectivity index (χ1) is 12.8. The first-order valence-electron chi connectivity index (χ1n) is 10.7. The fourth-order valence-corrected chi connectivity index (χ4v) is 4.17. The van der Waals surface area contributed by atoms with Crippen LogP contribution in [-0.4, -0.2) is 5.75 Å². The third-order valence-corrected chi connectivity index (χ3v) is 6.08. The smallest absolute Gasteiger partial charge is 0.00723 e. The van der Waals surface area contributed by atoms with E-state index in [4.69, 9.17) is 0 Å². The van der Waals surface area contributed by atoms with Crippen molar-refractivity contribution >= 4 is 11.8 Å². The maximum atomic E-state index is 2.31. The summed E-state index contributed by atoms with van der Waals surface area (Å²) in [6.07, 6.45) is 13.4. The minimum atomic E-state index is 1.22. The molecule has 142 valence electrons. The molecule has 0 unspecified atom stereocenters. The molecule has 0 atom stereocenters. The summed E-state index contributed by atoms with van der Waals surface area (Å²) in [5, 5.41) is 0. The van der Waals surface area contributed by atoms with Crippen LogP contribution < -0.4 is 0 Å². The lowest BCUT2D eigenvalue weighted by Crippen LogP contribution is -1.87. The molecule has 0 fully saturated rings. The molecule has 0 bridgehead atoms. The van der Waals surface area contributed by atoms with Crippen molar-refractivity contribution in [3.05, 3.63) is 54.1 Å². The molecule has 0 amide bonds. The van der Waals surface area contributed by atoms with Gasteiger partial charge in [-0.2, -0.15) is 0 Å². The summed E-state index contributed by atoms with van der Waals surface area (Å²) >= 11 is 1.98. The summed E-state index contributed by atoms with van der Waals surface area (Å²) < 4.78 is 0. The zero-order chi connectivity index (χ0) is 18.5. The van der Waals surface area contributed by atoms with Crippen LogP contribution in [0.1, 0.15) is 77.2 Å². The predicted molar refractivity (Wildman–Crippen MR) is 119 cm³/mol. The molecule has 0 aromatic heterocycles. The summed E-state index contributed by atoms with van der Waals surface area (Å²) in [7, 11) is 0. The maximum absolute atomic E-state index is 2.31. The third kappa shape index (κ3) is 7.99. The Labute approximate surface area is 165 Å². The first-order valence-corrected chi connectivity index (χ1v) is 11.6. The number of thioether (sulfide) groups is 1. The van der Waals surface area contributed by atoms with Crippen LogP contribution in [0.2, 0.25) is 0 Å². The van der Waals surface area contributed by atoms with Gasteiger partial charge in [0.25, 0.3) is 0 Å². The molecule has 0 spiro atoms. The fourth-order valence-electron chi connectivity index (χ4n) is 3.26. The SMILES string of the molecule is CCCCCCCCc1ccc(-c2ccc(SCCCCC)cc2)cc1. The highest BCUT2D eigenvalue weighted by Crippen LogP contribution is 2.25.